The van der Waals surface area contributed by atoms with E-state index in [0.717, 1.165) is 0 Å². The summed E-state index contributed by atoms with van der Waals surface area (Å²) in [7, 11) is 0. The molecule has 0 aliphatic carbocycles. The summed E-state index contributed by atoms with van der Waals surface area (Å²) in [4.78, 5) is 0. The van der Waals surface area contributed by atoms with Crippen LogP contribution < -0.4 is 0 Å². The van der Waals surface area contributed by atoms with E-state index in [9.17, 15) is 4.21 Å². The van der Waals surface area contributed by atoms with E-state index in [4.69, 9.17) is 4.18 Å². The first-order valence-electron chi connectivity index (χ1n) is 4.63. The van der Waals surface area contributed by atoms with Crippen LogP contribution in [0.4, 0.5) is 0 Å². The van der Waals surface area contributed by atoms with Gasteiger partial charge in [0.15, 0.2) is 0 Å². The average Bonchev–Trinajstić information content (AvgIpc) is 2.51. The zero-order valence-electron chi connectivity index (χ0n) is 8.05. The van der Waals surface area contributed by atoms with Crippen molar-refractivity contribution in [3.8, 4) is 0 Å². The van der Waals surface area contributed by atoms with Gasteiger partial charge in [-0.3, -0.25) is 4.18 Å². The highest BCUT2D eigenvalue weighted by Crippen LogP contribution is 2.17. The van der Waals surface area contributed by atoms with Crippen molar-refractivity contribution in [3.63, 3.8) is 0 Å². The predicted molar refractivity (Wildman–Crippen MR) is 55.5 cm³/mol. The van der Waals surface area contributed by atoms with E-state index in [0.29, 0.717) is 13.2 Å². The SMILES string of the molecule is C[C@H]1COS(=O)N1Cc1ccccc1. The summed E-state index contributed by atoms with van der Waals surface area (Å²) in [6, 6.07) is 10.2. The largest absolute Gasteiger partial charge is 0.276 e. The number of hydrogen-bond donors (Lipinski definition) is 0. The Morgan fingerprint density at radius 2 is 2.21 bits per heavy atom. The Bertz CT molecular complexity index is 328. The van der Waals surface area contributed by atoms with Gasteiger partial charge in [0.25, 0.3) is 0 Å². The van der Waals surface area contributed by atoms with Crippen molar-refractivity contribution in [1.82, 2.24) is 4.31 Å². The second-order valence-corrected chi connectivity index (χ2v) is 4.55. The maximum atomic E-state index is 11.4. The molecule has 0 bridgehead atoms. The van der Waals surface area contributed by atoms with E-state index in [1.807, 2.05) is 41.6 Å². The number of hydrogen-bond acceptors (Lipinski definition) is 2. The molecule has 2 atom stereocenters. The molecule has 1 saturated heterocycles. The molecule has 1 aliphatic heterocycles. The molecule has 76 valence electrons. The van der Waals surface area contributed by atoms with Gasteiger partial charge in [-0.1, -0.05) is 30.3 Å². The van der Waals surface area contributed by atoms with E-state index in [1.54, 1.807) is 0 Å². The van der Waals surface area contributed by atoms with Crippen molar-refractivity contribution >= 4 is 11.3 Å². The standard InChI is InChI=1S/C10H13NO2S/c1-9-8-13-14(12)11(9)7-10-5-3-2-4-6-10/h2-6,9H,7-8H2,1H3/t9-,14?/m0/s1. The van der Waals surface area contributed by atoms with Crippen molar-refractivity contribution in [2.24, 2.45) is 0 Å². The Balaban J connectivity index is 2.07. The van der Waals surface area contributed by atoms with Crippen LogP contribution in [-0.4, -0.2) is 21.2 Å². The fraction of sp³-hybridized carbons (Fsp3) is 0.400. The normalized spacial score (nSPS) is 28.1. The molecule has 1 aliphatic rings. The highest BCUT2D eigenvalue weighted by Gasteiger charge is 2.28. The van der Waals surface area contributed by atoms with Crippen LogP contribution in [0.2, 0.25) is 0 Å². The van der Waals surface area contributed by atoms with Crippen molar-refractivity contribution in [3.05, 3.63) is 35.9 Å². The number of nitrogens with zero attached hydrogens (tertiary/aromatic N) is 1. The first kappa shape index (κ1) is 9.83. The summed E-state index contributed by atoms with van der Waals surface area (Å²) in [6.45, 7) is 3.27. The van der Waals surface area contributed by atoms with Crippen LogP contribution in [-0.2, 0) is 22.0 Å². The van der Waals surface area contributed by atoms with Crippen LogP contribution >= 0.6 is 0 Å². The molecule has 1 unspecified atom stereocenters. The van der Waals surface area contributed by atoms with Crippen molar-refractivity contribution in [2.45, 2.75) is 19.5 Å². The van der Waals surface area contributed by atoms with Crippen molar-refractivity contribution < 1.29 is 8.39 Å². The summed E-state index contributed by atoms with van der Waals surface area (Å²) in [6.07, 6.45) is 0. The third-order valence-corrected chi connectivity index (χ3v) is 3.48. The molecular weight excluding hydrogens is 198 g/mol. The summed E-state index contributed by atoms with van der Waals surface area (Å²) < 4.78 is 18.3. The van der Waals surface area contributed by atoms with Gasteiger partial charge in [0.1, 0.15) is 0 Å². The Morgan fingerprint density at radius 1 is 1.50 bits per heavy atom. The number of benzene rings is 1. The average molecular weight is 211 g/mol. The Labute approximate surface area is 86.5 Å². The summed E-state index contributed by atoms with van der Waals surface area (Å²) >= 11 is -1.26. The monoisotopic (exact) mass is 211 g/mol. The lowest BCUT2D eigenvalue weighted by Gasteiger charge is -2.15. The first-order chi connectivity index (χ1) is 6.77. The zero-order chi connectivity index (χ0) is 9.97. The lowest BCUT2D eigenvalue weighted by atomic mass is 10.2. The van der Waals surface area contributed by atoms with Crippen LogP contribution in [0.1, 0.15) is 12.5 Å². The molecule has 1 fully saturated rings. The molecule has 0 spiro atoms. The molecule has 1 heterocycles. The Kier molecular flexibility index (Phi) is 2.96. The molecule has 0 N–H and O–H groups in total. The second kappa shape index (κ2) is 4.21. The van der Waals surface area contributed by atoms with Gasteiger partial charge in [-0.25, -0.2) is 4.21 Å². The van der Waals surface area contributed by atoms with Crippen molar-refractivity contribution in [2.75, 3.05) is 6.61 Å². The van der Waals surface area contributed by atoms with Gasteiger partial charge < -0.3 is 0 Å². The molecule has 4 heteroatoms. The van der Waals surface area contributed by atoms with E-state index < -0.39 is 11.3 Å². The third kappa shape index (κ3) is 2.03. The van der Waals surface area contributed by atoms with Crippen LogP contribution in [0, 0.1) is 0 Å². The zero-order valence-corrected chi connectivity index (χ0v) is 8.87. The van der Waals surface area contributed by atoms with Crippen LogP contribution in [0.15, 0.2) is 30.3 Å². The highest BCUT2D eigenvalue weighted by atomic mass is 32.2. The van der Waals surface area contributed by atoms with E-state index in [2.05, 4.69) is 0 Å². The Morgan fingerprint density at radius 3 is 2.79 bits per heavy atom. The predicted octanol–water partition coefficient (Wildman–Crippen LogP) is 1.49. The van der Waals surface area contributed by atoms with Crippen LogP contribution in [0.3, 0.4) is 0 Å². The van der Waals surface area contributed by atoms with E-state index >= 15 is 0 Å². The fourth-order valence-corrected chi connectivity index (χ4v) is 2.48. The minimum absolute atomic E-state index is 0.232. The minimum atomic E-state index is -1.26. The maximum Gasteiger partial charge on any atom is 0.237 e. The lowest BCUT2D eigenvalue weighted by Crippen LogP contribution is -2.27. The second-order valence-electron chi connectivity index (χ2n) is 3.41. The molecule has 2 rings (SSSR count). The van der Waals surface area contributed by atoms with Crippen molar-refractivity contribution in [1.29, 1.82) is 0 Å². The van der Waals surface area contributed by atoms with Gasteiger partial charge in [0.2, 0.25) is 11.3 Å². The topological polar surface area (TPSA) is 29.5 Å². The molecule has 1 aromatic carbocycles. The molecule has 0 aromatic heterocycles. The molecular formula is C10H13NO2S. The maximum absolute atomic E-state index is 11.4. The molecule has 0 radical (unpaired) electrons. The summed E-state index contributed by atoms with van der Waals surface area (Å²) in [5.41, 5.74) is 1.17. The van der Waals surface area contributed by atoms with Gasteiger partial charge >= 0.3 is 0 Å². The molecule has 0 saturated carbocycles. The van der Waals surface area contributed by atoms with Gasteiger partial charge in [0, 0.05) is 12.6 Å². The quantitative estimate of drug-likeness (QED) is 0.741. The smallest absolute Gasteiger partial charge is 0.237 e. The first-order valence-corrected chi connectivity index (χ1v) is 5.66. The molecule has 0 amide bonds. The lowest BCUT2D eigenvalue weighted by molar-refractivity contribution is 0.324. The molecule has 14 heavy (non-hydrogen) atoms. The minimum Gasteiger partial charge on any atom is -0.276 e. The highest BCUT2D eigenvalue weighted by molar-refractivity contribution is 7.77. The summed E-state index contributed by atoms with van der Waals surface area (Å²) in [5, 5.41) is 0. The van der Waals surface area contributed by atoms with Crippen LogP contribution in [0.25, 0.3) is 0 Å². The molecule has 3 nitrogen and oxygen atoms in total. The van der Waals surface area contributed by atoms with Gasteiger partial charge in [0.05, 0.1) is 6.61 Å². The van der Waals surface area contributed by atoms with Gasteiger partial charge in [-0.05, 0) is 12.5 Å². The fourth-order valence-electron chi connectivity index (χ4n) is 1.43. The third-order valence-electron chi connectivity index (χ3n) is 2.27. The number of rotatable bonds is 2. The molecule has 1 aromatic rings. The Hall–Kier alpha value is -0.710. The van der Waals surface area contributed by atoms with E-state index in [1.165, 1.54) is 5.56 Å². The van der Waals surface area contributed by atoms with Gasteiger partial charge in [-0.2, -0.15) is 4.31 Å². The van der Waals surface area contributed by atoms with Crippen LogP contribution in [0.5, 0.6) is 0 Å². The van der Waals surface area contributed by atoms with Gasteiger partial charge in [-0.15, -0.1) is 0 Å². The van der Waals surface area contributed by atoms with E-state index in [-0.39, 0.29) is 6.04 Å². The summed E-state index contributed by atoms with van der Waals surface area (Å²) in [5.74, 6) is 0.